The topological polar surface area (TPSA) is 49.4 Å². The van der Waals surface area contributed by atoms with Crippen molar-refractivity contribution in [1.82, 2.24) is 0 Å². The third-order valence-electron chi connectivity index (χ3n) is 5.66. The minimum absolute atomic E-state index is 0.0598. The number of alkyl halides is 3. The Kier molecular flexibility index (Phi) is 5.81. The second-order valence-corrected chi connectivity index (χ2v) is 8.56. The first kappa shape index (κ1) is 23.3. The fourth-order valence-corrected chi connectivity index (χ4v) is 4.22. The molecule has 0 unspecified atom stereocenters. The molecule has 0 radical (unpaired) electrons. The van der Waals surface area contributed by atoms with Crippen molar-refractivity contribution in [3.8, 4) is 0 Å². The number of carbonyl (C=O) groups is 2. The highest BCUT2D eigenvalue weighted by Crippen LogP contribution is 2.37. The van der Waals surface area contributed by atoms with E-state index in [0.29, 0.717) is 11.3 Å². The fraction of sp³-hybridized carbons (Fsp3) is 0.185. The van der Waals surface area contributed by atoms with Gasteiger partial charge in [0.25, 0.3) is 11.8 Å². The minimum atomic E-state index is -4.54. The van der Waals surface area contributed by atoms with Crippen LogP contribution in [-0.4, -0.2) is 11.8 Å². The van der Waals surface area contributed by atoms with Gasteiger partial charge in [-0.2, -0.15) is 13.2 Å². The number of benzene rings is 3. The van der Waals surface area contributed by atoms with E-state index in [0.717, 1.165) is 39.3 Å². The highest BCUT2D eigenvalue weighted by Gasteiger charge is 2.41. The Morgan fingerprint density at radius 2 is 1.44 bits per heavy atom. The average molecular weight is 464 g/mol. The van der Waals surface area contributed by atoms with Gasteiger partial charge >= 0.3 is 6.18 Å². The summed E-state index contributed by atoms with van der Waals surface area (Å²) in [5, 5.41) is 2.82. The molecule has 4 rings (SSSR count). The van der Waals surface area contributed by atoms with Gasteiger partial charge in [0.1, 0.15) is 5.70 Å². The van der Waals surface area contributed by atoms with Gasteiger partial charge in [0.05, 0.1) is 16.8 Å². The Labute approximate surface area is 195 Å². The number of nitrogens with zero attached hydrogens (tertiary/aromatic N) is 1. The number of hydrogen-bond acceptors (Lipinski definition) is 3. The van der Waals surface area contributed by atoms with E-state index in [1.807, 2.05) is 45.9 Å². The zero-order valence-electron chi connectivity index (χ0n) is 19.2. The average Bonchev–Trinajstić information content (AvgIpc) is 2.97. The Morgan fingerprint density at radius 1 is 0.765 bits per heavy atom. The number of anilines is 2. The Hall–Kier alpha value is -3.87. The molecule has 1 heterocycles. The highest BCUT2D eigenvalue weighted by atomic mass is 19.4. The first-order chi connectivity index (χ1) is 16.0. The minimum Gasteiger partial charge on any atom is -0.350 e. The number of aryl methyl sites for hydroxylation is 4. The van der Waals surface area contributed by atoms with Crippen molar-refractivity contribution in [2.24, 2.45) is 0 Å². The summed E-state index contributed by atoms with van der Waals surface area (Å²) in [6.07, 6.45) is -4.54. The molecule has 174 valence electrons. The molecule has 0 atom stereocenters. The van der Waals surface area contributed by atoms with Crippen LogP contribution in [0.3, 0.4) is 0 Å². The van der Waals surface area contributed by atoms with Crippen LogP contribution in [0.5, 0.6) is 0 Å². The summed E-state index contributed by atoms with van der Waals surface area (Å²) in [6, 6.07) is 15.4. The van der Waals surface area contributed by atoms with Gasteiger partial charge in [0.2, 0.25) is 0 Å². The van der Waals surface area contributed by atoms with Crippen molar-refractivity contribution >= 4 is 28.8 Å². The molecule has 3 aromatic rings. The van der Waals surface area contributed by atoms with Crippen LogP contribution in [0.15, 0.2) is 66.4 Å². The van der Waals surface area contributed by atoms with Crippen LogP contribution in [0.25, 0.3) is 5.57 Å². The Morgan fingerprint density at radius 3 is 2.06 bits per heavy atom. The van der Waals surface area contributed by atoms with E-state index in [1.165, 1.54) is 12.1 Å². The molecule has 0 fully saturated rings. The number of rotatable bonds is 4. The van der Waals surface area contributed by atoms with E-state index in [2.05, 4.69) is 5.32 Å². The van der Waals surface area contributed by atoms with E-state index < -0.39 is 23.6 Å². The zero-order valence-corrected chi connectivity index (χ0v) is 19.2. The van der Waals surface area contributed by atoms with E-state index in [9.17, 15) is 22.8 Å². The molecule has 0 saturated carbocycles. The molecule has 3 aromatic carbocycles. The van der Waals surface area contributed by atoms with E-state index in [1.54, 1.807) is 18.2 Å². The molecular weight excluding hydrogens is 441 g/mol. The number of hydrogen-bond donors (Lipinski definition) is 1. The van der Waals surface area contributed by atoms with Crippen molar-refractivity contribution < 1.29 is 22.8 Å². The number of halogens is 3. The smallest absolute Gasteiger partial charge is 0.350 e. The van der Waals surface area contributed by atoms with Crippen LogP contribution in [0.2, 0.25) is 0 Å². The van der Waals surface area contributed by atoms with E-state index >= 15 is 0 Å². The maximum Gasteiger partial charge on any atom is 0.416 e. The molecule has 0 spiro atoms. The lowest BCUT2D eigenvalue weighted by molar-refractivity contribution is -0.137. The van der Waals surface area contributed by atoms with Crippen LogP contribution in [-0.2, 0) is 15.8 Å². The number of carbonyl (C=O) groups excluding carboxylic acids is 2. The lowest BCUT2D eigenvalue weighted by atomic mass is 9.97. The summed E-state index contributed by atoms with van der Waals surface area (Å²) in [7, 11) is 0. The molecule has 34 heavy (non-hydrogen) atoms. The fourth-order valence-electron chi connectivity index (χ4n) is 4.22. The molecular formula is C27H23F3N2O2. The highest BCUT2D eigenvalue weighted by molar-refractivity contribution is 6.46. The number of nitrogens with one attached hydrogen (secondary N) is 1. The van der Waals surface area contributed by atoms with Crippen LogP contribution < -0.4 is 10.2 Å². The van der Waals surface area contributed by atoms with Gasteiger partial charge in [-0.15, -0.1) is 0 Å². The van der Waals surface area contributed by atoms with Gasteiger partial charge in [-0.1, -0.05) is 35.9 Å². The normalized spacial score (nSPS) is 14.3. The van der Waals surface area contributed by atoms with Crippen molar-refractivity contribution in [1.29, 1.82) is 0 Å². The molecule has 2 amide bonds. The molecule has 0 bridgehead atoms. The summed E-state index contributed by atoms with van der Waals surface area (Å²) < 4.78 is 39.7. The molecule has 0 aromatic heterocycles. The van der Waals surface area contributed by atoms with Gasteiger partial charge in [-0.05, 0) is 80.3 Å². The molecule has 1 N–H and O–H groups in total. The summed E-state index contributed by atoms with van der Waals surface area (Å²) in [6.45, 7) is 7.47. The van der Waals surface area contributed by atoms with E-state index in [4.69, 9.17) is 0 Å². The Balaban J connectivity index is 1.87. The van der Waals surface area contributed by atoms with Crippen molar-refractivity contribution in [2.75, 3.05) is 10.2 Å². The maximum atomic E-state index is 13.6. The molecule has 0 saturated heterocycles. The predicted octanol–water partition coefficient (Wildman–Crippen LogP) is 6.34. The number of amides is 2. The summed E-state index contributed by atoms with van der Waals surface area (Å²) in [5.74, 6) is -1.15. The molecule has 7 heteroatoms. The zero-order chi connectivity index (χ0) is 24.8. The first-order valence-electron chi connectivity index (χ1n) is 10.7. The first-order valence-corrected chi connectivity index (χ1v) is 10.7. The second-order valence-electron chi connectivity index (χ2n) is 8.56. The summed E-state index contributed by atoms with van der Waals surface area (Å²) in [5.41, 5.74) is 3.75. The number of imide groups is 1. The van der Waals surface area contributed by atoms with Crippen LogP contribution in [0.4, 0.5) is 24.5 Å². The third-order valence-corrected chi connectivity index (χ3v) is 5.66. The van der Waals surface area contributed by atoms with Gasteiger partial charge in [0, 0.05) is 5.69 Å². The van der Waals surface area contributed by atoms with E-state index in [-0.39, 0.29) is 17.0 Å². The lowest BCUT2D eigenvalue weighted by Gasteiger charge is -2.17. The van der Waals surface area contributed by atoms with Crippen molar-refractivity contribution in [3.63, 3.8) is 0 Å². The SMILES string of the molecule is Cc1cc(C)cc(N2C(=O)C(Nc3cccc(C(F)(F)F)c3)=C(c3ccc(C)cc3C)C2=O)c1. The van der Waals surface area contributed by atoms with Crippen molar-refractivity contribution in [3.05, 3.63) is 99.7 Å². The second kappa shape index (κ2) is 8.48. The summed E-state index contributed by atoms with van der Waals surface area (Å²) >= 11 is 0. The Bertz CT molecular complexity index is 1340. The van der Waals surface area contributed by atoms with Gasteiger partial charge in [0.15, 0.2) is 0 Å². The standard InChI is InChI=1S/C27H23F3N2O2/c1-15-8-9-22(18(4)11-15)23-24(31-20-7-5-6-19(14-20)27(28,29)30)26(34)32(25(23)33)21-12-16(2)10-17(3)13-21/h5-14,31H,1-4H3. The monoisotopic (exact) mass is 464 g/mol. The van der Waals surface area contributed by atoms with Gasteiger partial charge in [-0.25, -0.2) is 4.90 Å². The largest absolute Gasteiger partial charge is 0.416 e. The quantitative estimate of drug-likeness (QED) is 0.459. The maximum absolute atomic E-state index is 13.6. The van der Waals surface area contributed by atoms with Crippen LogP contribution in [0, 0.1) is 27.7 Å². The molecule has 1 aliphatic rings. The molecule has 4 nitrogen and oxygen atoms in total. The van der Waals surface area contributed by atoms with Crippen molar-refractivity contribution in [2.45, 2.75) is 33.9 Å². The third kappa shape index (κ3) is 4.33. The predicted molar refractivity (Wildman–Crippen MR) is 126 cm³/mol. The molecule has 0 aliphatic carbocycles. The van der Waals surface area contributed by atoms with Crippen LogP contribution in [0.1, 0.15) is 33.4 Å². The summed E-state index contributed by atoms with van der Waals surface area (Å²) in [4.78, 5) is 28.3. The van der Waals surface area contributed by atoms with Gasteiger partial charge in [-0.3, -0.25) is 9.59 Å². The molecule has 1 aliphatic heterocycles. The van der Waals surface area contributed by atoms with Gasteiger partial charge < -0.3 is 5.32 Å². The van der Waals surface area contributed by atoms with Crippen LogP contribution >= 0.6 is 0 Å². The lowest BCUT2D eigenvalue weighted by Crippen LogP contribution is -2.32.